The van der Waals surface area contributed by atoms with Gasteiger partial charge in [0.15, 0.2) is 0 Å². The molecule has 0 saturated carbocycles. The number of aromatic nitrogens is 4. The number of aliphatic hydroxyl groups excluding tert-OH is 1. The number of benzene rings is 3. The molecule has 0 spiro atoms. The van der Waals surface area contributed by atoms with Crippen LogP contribution in [0, 0.1) is 18.8 Å². The standard InChI is InChI=1S/C50H58N6O5/c1-4-49(58)18-24-55-22-16-33(49)28-43(55)45(35-14-20-51-41-12-10-31(3)26-39(35)41)60-47-37-8-6-7-9-38(37)48(54-53-47)61-46(36-15-21-52-42-13-11-32(30-57)27-40(36)42)44-29-34-17-23-56(44)25-19-50(34,59)5-2/h6-15,20-21,26-27,33-34,43-46,57-59H,4-5,16-19,22-25,28-30H2,1-3H3/t33?,34?,43-,44-,45+,46-,49?,50?/m1/s1. The third-order valence-electron chi connectivity index (χ3n) is 15.3. The second-order valence-corrected chi connectivity index (χ2v) is 18.3. The summed E-state index contributed by atoms with van der Waals surface area (Å²) in [5, 5.41) is 47.3. The van der Waals surface area contributed by atoms with E-state index < -0.39 is 23.4 Å². The van der Waals surface area contributed by atoms with Crippen LogP contribution in [0.1, 0.15) is 99.7 Å². The van der Waals surface area contributed by atoms with Crippen LogP contribution in [0.2, 0.25) is 0 Å². The number of hydrogen-bond donors (Lipinski definition) is 3. The fraction of sp³-hybridized carbons (Fsp3) is 0.480. The molecule has 6 unspecified atom stereocenters. The Morgan fingerprint density at radius 1 is 0.656 bits per heavy atom. The zero-order chi connectivity index (χ0) is 41.9. The lowest BCUT2D eigenvalue weighted by Crippen LogP contribution is -2.47. The predicted octanol–water partition coefficient (Wildman–Crippen LogP) is 8.02. The highest BCUT2D eigenvalue weighted by molar-refractivity contribution is 5.91. The zero-order valence-electron chi connectivity index (χ0n) is 35.6. The van der Waals surface area contributed by atoms with E-state index in [9.17, 15) is 15.3 Å². The Bertz CT molecular complexity index is 2570. The number of piperidine rings is 2. The molecule has 6 fully saturated rings. The minimum absolute atomic E-state index is 0.00318. The number of aryl methyl sites for hydroxylation is 1. The van der Waals surface area contributed by atoms with Gasteiger partial charge in [-0.05, 0) is 137 Å². The molecule has 10 atom stereocenters. The number of fused-ring (bicyclic) bond motifs is 11. The van der Waals surface area contributed by atoms with Gasteiger partial charge >= 0.3 is 0 Å². The van der Waals surface area contributed by atoms with Crippen LogP contribution in [0.25, 0.3) is 32.6 Å². The van der Waals surface area contributed by atoms with E-state index in [4.69, 9.17) is 29.6 Å². The van der Waals surface area contributed by atoms with Crippen molar-refractivity contribution < 1.29 is 24.8 Å². The summed E-state index contributed by atoms with van der Waals surface area (Å²) in [4.78, 5) is 14.5. The van der Waals surface area contributed by atoms with Gasteiger partial charge in [-0.3, -0.25) is 19.8 Å². The smallest absolute Gasteiger partial charge is 0.242 e. The fourth-order valence-corrected chi connectivity index (χ4v) is 11.5. The molecule has 6 aliphatic heterocycles. The molecule has 9 heterocycles. The van der Waals surface area contributed by atoms with Crippen LogP contribution in [0.5, 0.6) is 11.8 Å². The van der Waals surface area contributed by atoms with E-state index in [0.29, 0.717) is 18.2 Å². The number of nitrogens with zero attached hydrogens (tertiary/aromatic N) is 6. The maximum Gasteiger partial charge on any atom is 0.242 e. The second-order valence-electron chi connectivity index (χ2n) is 18.3. The topological polar surface area (TPSA) is 137 Å². The van der Waals surface area contributed by atoms with Gasteiger partial charge in [0.2, 0.25) is 11.8 Å². The first kappa shape index (κ1) is 40.3. The van der Waals surface area contributed by atoms with Gasteiger partial charge in [-0.25, -0.2) is 0 Å². The van der Waals surface area contributed by atoms with Gasteiger partial charge in [-0.1, -0.05) is 43.7 Å². The molecule has 3 N–H and O–H groups in total. The Kier molecular flexibility index (Phi) is 10.7. The number of aliphatic hydroxyl groups is 3. The van der Waals surface area contributed by atoms with Gasteiger partial charge in [0.1, 0.15) is 12.2 Å². The molecule has 11 nitrogen and oxygen atoms in total. The van der Waals surface area contributed by atoms with Crippen LogP contribution < -0.4 is 9.47 Å². The number of ether oxygens (including phenoxy) is 2. The van der Waals surface area contributed by atoms with Crippen molar-refractivity contribution in [2.75, 3.05) is 26.2 Å². The Morgan fingerprint density at radius 2 is 1.16 bits per heavy atom. The SMILES string of the molecule is CCC1(O)CCN2CCC1C[C@@H]2[C@H](Oc1nnc(O[C@@H](c2ccnc3ccc(C)cc23)[C@H]2CC3CCN2CCC3(O)CC)c2ccccc12)c1ccnc2ccc(CO)cc12. The average Bonchev–Trinajstić information content (AvgIpc) is 3.70. The van der Waals surface area contributed by atoms with Crippen LogP contribution in [0.4, 0.5) is 0 Å². The predicted molar refractivity (Wildman–Crippen MR) is 236 cm³/mol. The summed E-state index contributed by atoms with van der Waals surface area (Å²) in [6.45, 7) is 9.58. The first-order valence-electron chi connectivity index (χ1n) is 22.5. The van der Waals surface area contributed by atoms with Crippen LogP contribution in [-0.4, -0.2) is 94.7 Å². The van der Waals surface area contributed by atoms with E-state index in [0.717, 1.165) is 126 Å². The summed E-state index contributed by atoms with van der Waals surface area (Å²) in [5.41, 5.74) is 4.29. The van der Waals surface area contributed by atoms with E-state index in [1.165, 1.54) is 0 Å². The normalized spacial score (nSPS) is 29.7. The highest BCUT2D eigenvalue weighted by Gasteiger charge is 2.49. The molecule has 12 rings (SSSR count). The molecule has 3 aromatic carbocycles. The van der Waals surface area contributed by atoms with Crippen molar-refractivity contribution in [3.05, 3.63) is 107 Å². The summed E-state index contributed by atoms with van der Waals surface area (Å²) in [6, 6.07) is 24.4. The summed E-state index contributed by atoms with van der Waals surface area (Å²) >= 11 is 0. The molecule has 6 saturated heterocycles. The third-order valence-corrected chi connectivity index (χ3v) is 15.3. The lowest BCUT2D eigenvalue weighted by atomic mass is 9.76. The van der Waals surface area contributed by atoms with E-state index in [2.05, 4.69) is 54.8 Å². The first-order valence-corrected chi connectivity index (χ1v) is 22.5. The molecule has 4 bridgehead atoms. The Morgan fingerprint density at radius 3 is 1.67 bits per heavy atom. The average molecular weight is 823 g/mol. The van der Waals surface area contributed by atoms with Crippen LogP contribution in [-0.2, 0) is 6.61 Å². The Balaban J connectivity index is 1.08. The molecular formula is C50H58N6O5. The van der Waals surface area contributed by atoms with Gasteiger partial charge < -0.3 is 24.8 Å². The summed E-state index contributed by atoms with van der Waals surface area (Å²) in [5.74, 6) is 1.15. The third kappa shape index (κ3) is 7.22. The molecule has 61 heavy (non-hydrogen) atoms. The van der Waals surface area contributed by atoms with Crippen LogP contribution in [0.3, 0.4) is 0 Å². The van der Waals surface area contributed by atoms with Gasteiger partial charge in [-0.2, -0.15) is 0 Å². The number of hydrogen-bond acceptors (Lipinski definition) is 11. The molecule has 6 aliphatic rings. The maximum atomic E-state index is 11.9. The Labute approximate surface area is 357 Å². The van der Waals surface area contributed by atoms with Gasteiger partial charge in [0, 0.05) is 47.4 Å². The molecule has 0 amide bonds. The lowest BCUT2D eigenvalue weighted by molar-refractivity contribution is -0.0409. The highest BCUT2D eigenvalue weighted by atomic mass is 16.5. The van der Waals surface area contributed by atoms with Crippen molar-refractivity contribution in [3.8, 4) is 11.8 Å². The Hall–Kier alpha value is -4.78. The van der Waals surface area contributed by atoms with Crippen molar-refractivity contribution in [2.24, 2.45) is 11.8 Å². The number of pyridine rings is 2. The van der Waals surface area contributed by atoms with E-state index in [1.807, 2.05) is 60.9 Å². The summed E-state index contributed by atoms with van der Waals surface area (Å²) in [6.07, 6.45) is 9.23. The zero-order valence-corrected chi connectivity index (χ0v) is 35.6. The van der Waals surface area contributed by atoms with E-state index in [-0.39, 0.29) is 30.5 Å². The van der Waals surface area contributed by atoms with Gasteiger partial charge in [0.25, 0.3) is 0 Å². The first-order chi connectivity index (χ1) is 29.7. The summed E-state index contributed by atoms with van der Waals surface area (Å²) < 4.78 is 14.6. The minimum Gasteiger partial charge on any atom is -0.466 e. The molecule has 0 aliphatic carbocycles. The quantitative estimate of drug-likeness (QED) is 0.117. The minimum atomic E-state index is -0.720. The molecule has 6 aromatic rings. The van der Waals surface area contributed by atoms with E-state index >= 15 is 0 Å². The van der Waals surface area contributed by atoms with E-state index in [1.54, 1.807) is 0 Å². The van der Waals surface area contributed by atoms with Crippen molar-refractivity contribution >= 4 is 32.6 Å². The molecule has 318 valence electrons. The highest BCUT2D eigenvalue weighted by Crippen LogP contribution is 2.48. The fourth-order valence-electron chi connectivity index (χ4n) is 11.5. The van der Waals surface area contributed by atoms with Crippen LogP contribution in [0.15, 0.2) is 85.2 Å². The molecule has 3 aromatic heterocycles. The van der Waals surface area contributed by atoms with Crippen molar-refractivity contribution in [1.82, 2.24) is 30.0 Å². The van der Waals surface area contributed by atoms with Gasteiger partial charge in [0.05, 0.1) is 51.7 Å². The largest absolute Gasteiger partial charge is 0.466 e. The molecule has 0 radical (unpaired) electrons. The van der Waals surface area contributed by atoms with Gasteiger partial charge in [-0.15, -0.1) is 10.2 Å². The lowest BCUT2D eigenvalue weighted by Gasteiger charge is -2.43. The van der Waals surface area contributed by atoms with Crippen molar-refractivity contribution in [2.45, 2.75) is 114 Å². The van der Waals surface area contributed by atoms with Crippen LogP contribution >= 0.6 is 0 Å². The number of rotatable bonds is 11. The van der Waals surface area contributed by atoms with Crippen molar-refractivity contribution in [1.29, 1.82) is 0 Å². The summed E-state index contributed by atoms with van der Waals surface area (Å²) in [7, 11) is 0. The molecular weight excluding hydrogens is 765 g/mol. The van der Waals surface area contributed by atoms with Crippen molar-refractivity contribution in [3.63, 3.8) is 0 Å². The monoisotopic (exact) mass is 822 g/mol. The molecule has 11 heteroatoms. The second kappa shape index (κ2) is 16.2. The maximum absolute atomic E-state index is 11.9.